The summed E-state index contributed by atoms with van der Waals surface area (Å²) >= 11 is 0. The van der Waals surface area contributed by atoms with Crippen molar-refractivity contribution in [3.05, 3.63) is 59.7 Å². The molecule has 0 bridgehead atoms. The molecule has 1 aliphatic heterocycles. The molecule has 2 aromatic carbocycles. The molecule has 6 nitrogen and oxygen atoms in total. The number of hydrogen-bond acceptors (Lipinski definition) is 4. The summed E-state index contributed by atoms with van der Waals surface area (Å²) in [6, 6.07) is 14.3. The second-order valence-electron chi connectivity index (χ2n) is 6.44. The van der Waals surface area contributed by atoms with E-state index < -0.39 is 11.9 Å². The first kappa shape index (κ1) is 18.6. The number of anilines is 2. The van der Waals surface area contributed by atoms with Crippen molar-refractivity contribution >= 4 is 29.2 Å². The minimum Gasteiger partial charge on any atom is -0.462 e. The van der Waals surface area contributed by atoms with Crippen LogP contribution in [0.25, 0.3) is 0 Å². The Labute approximate surface area is 158 Å². The van der Waals surface area contributed by atoms with Crippen LogP contribution in [0.1, 0.15) is 36.2 Å². The molecule has 1 atom stereocenters. The van der Waals surface area contributed by atoms with E-state index in [1.807, 2.05) is 31.2 Å². The highest BCUT2D eigenvalue weighted by molar-refractivity contribution is 6.11. The van der Waals surface area contributed by atoms with Gasteiger partial charge in [-0.3, -0.25) is 9.59 Å². The van der Waals surface area contributed by atoms with Gasteiger partial charge in [0.1, 0.15) is 6.42 Å². The lowest BCUT2D eigenvalue weighted by Crippen LogP contribution is -2.37. The van der Waals surface area contributed by atoms with E-state index >= 15 is 0 Å². The highest BCUT2D eigenvalue weighted by Gasteiger charge is 2.31. The Morgan fingerprint density at radius 2 is 1.81 bits per heavy atom. The molecule has 0 saturated heterocycles. The molecule has 6 heteroatoms. The highest BCUT2D eigenvalue weighted by atomic mass is 16.5. The lowest BCUT2D eigenvalue weighted by Gasteiger charge is -2.22. The third-order valence-corrected chi connectivity index (χ3v) is 4.48. The maximum absolute atomic E-state index is 12.7. The van der Waals surface area contributed by atoms with Gasteiger partial charge in [0.2, 0.25) is 11.8 Å². The minimum absolute atomic E-state index is 0.00881. The molecule has 0 fully saturated rings. The summed E-state index contributed by atoms with van der Waals surface area (Å²) in [6.45, 7) is 3.92. The molecule has 2 amide bonds. The van der Waals surface area contributed by atoms with Crippen molar-refractivity contribution in [1.29, 1.82) is 0 Å². The largest absolute Gasteiger partial charge is 0.462 e. The van der Waals surface area contributed by atoms with Gasteiger partial charge < -0.3 is 15.0 Å². The first-order chi connectivity index (χ1) is 13.0. The van der Waals surface area contributed by atoms with E-state index in [2.05, 4.69) is 5.32 Å². The molecule has 140 valence electrons. The molecule has 0 radical (unpaired) electrons. The van der Waals surface area contributed by atoms with Gasteiger partial charge in [0.05, 0.1) is 17.9 Å². The molecule has 0 saturated carbocycles. The summed E-state index contributed by atoms with van der Waals surface area (Å²) in [6.07, 6.45) is 0.477. The number of amides is 2. The maximum Gasteiger partial charge on any atom is 0.340 e. The number of rotatable bonds is 5. The van der Waals surface area contributed by atoms with Crippen molar-refractivity contribution in [2.24, 2.45) is 0 Å². The molecule has 1 aliphatic rings. The summed E-state index contributed by atoms with van der Waals surface area (Å²) in [5.41, 5.74) is 2.56. The van der Waals surface area contributed by atoms with Gasteiger partial charge in [0, 0.05) is 11.7 Å². The Morgan fingerprint density at radius 1 is 1.11 bits per heavy atom. The lowest BCUT2D eigenvalue weighted by atomic mass is 10.1. The molecule has 1 heterocycles. The topological polar surface area (TPSA) is 75.7 Å². The van der Waals surface area contributed by atoms with Crippen molar-refractivity contribution in [2.45, 2.75) is 32.7 Å². The van der Waals surface area contributed by atoms with Crippen LogP contribution in [-0.2, 0) is 20.7 Å². The van der Waals surface area contributed by atoms with Crippen molar-refractivity contribution in [3.63, 3.8) is 0 Å². The number of hydrogen-bond donors (Lipinski definition) is 1. The lowest BCUT2D eigenvalue weighted by molar-refractivity contribution is -0.125. The number of para-hydroxylation sites is 2. The predicted octanol–water partition coefficient (Wildman–Crippen LogP) is 3.17. The molecule has 27 heavy (non-hydrogen) atoms. The molecular weight excluding hydrogens is 344 g/mol. The SMILES string of the molecule is CCOC(=O)c1ccccc1NC(=O)CC(=O)N1c2ccccc2CC1C. The number of benzene rings is 2. The highest BCUT2D eigenvalue weighted by Crippen LogP contribution is 2.32. The molecule has 3 rings (SSSR count). The molecule has 2 aromatic rings. The molecule has 1 unspecified atom stereocenters. The summed E-state index contributed by atoms with van der Waals surface area (Å²) in [4.78, 5) is 38.8. The van der Waals surface area contributed by atoms with Crippen molar-refractivity contribution in [2.75, 3.05) is 16.8 Å². The van der Waals surface area contributed by atoms with E-state index in [0.717, 1.165) is 17.7 Å². The molecule has 0 aliphatic carbocycles. The molecular formula is C21H22N2O4. The predicted molar refractivity (Wildman–Crippen MR) is 103 cm³/mol. The maximum atomic E-state index is 12.7. The monoisotopic (exact) mass is 366 g/mol. The number of ether oxygens (including phenoxy) is 1. The average Bonchev–Trinajstić information content (AvgIpc) is 2.98. The van der Waals surface area contributed by atoms with E-state index in [-0.39, 0.29) is 30.5 Å². The van der Waals surface area contributed by atoms with Gasteiger partial charge in [-0.05, 0) is 44.0 Å². The van der Waals surface area contributed by atoms with Crippen molar-refractivity contribution in [3.8, 4) is 0 Å². The second kappa shape index (κ2) is 8.03. The zero-order valence-corrected chi connectivity index (χ0v) is 15.4. The Balaban J connectivity index is 1.70. The van der Waals surface area contributed by atoms with Gasteiger partial charge in [-0.25, -0.2) is 4.79 Å². The third kappa shape index (κ3) is 4.00. The molecule has 0 aromatic heterocycles. The van der Waals surface area contributed by atoms with Crippen LogP contribution in [0.15, 0.2) is 48.5 Å². The van der Waals surface area contributed by atoms with Crippen LogP contribution in [0.2, 0.25) is 0 Å². The minimum atomic E-state index is -0.512. The standard InChI is InChI=1S/C21H22N2O4/c1-3-27-21(26)16-9-5-6-10-17(16)22-19(24)13-20(25)23-14(2)12-15-8-4-7-11-18(15)23/h4-11,14H,3,12-13H2,1-2H3,(H,22,24). The van der Waals surface area contributed by atoms with Gasteiger partial charge in [0.25, 0.3) is 0 Å². The summed E-state index contributed by atoms with van der Waals surface area (Å²) < 4.78 is 5.00. The summed E-state index contributed by atoms with van der Waals surface area (Å²) in [5, 5.41) is 2.66. The fraction of sp³-hybridized carbons (Fsp3) is 0.286. The zero-order valence-electron chi connectivity index (χ0n) is 15.4. The smallest absolute Gasteiger partial charge is 0.340 e. The van der Waals surface area contributed by atoms with Crippen molar-refractivity contribution in [1.82, 2.24) is 0 Å². The van der Waals surface area contributed by atoms with E-state index in [9.17, 15) is 14.4 Å². The van der Waals surface area contributed by atoms with Crippen LogP contribution in [0.3, 0.4) is 0 Å². The first-order valence-electron chi connectivity index (χ1n) is 8.97. The summed E-state index contributed by atoms with van der Waals surface area (Å²) in [5.74, 6) is -1.24. The number of carbonyl (C=O) groups excluding carboxylic acids is 3. The van der Waals surface area contributed by atoms with Crippen LogP contribution in [0.4, 0.5) is 11.4 Å². The van der Waals surface area contributed by atoms with Crippen molar-refractivity contribution < 1.29 is 19.1 Å². The number of fused-ring (bicyclic) bond motifs is 1. The number of esters is 1. The van der Waals surface area contributed by atoms with Gasteiger partial charge in [0.15, 0.2) is 0 Å². The Kier molecular flexibility index (Phi) is 5.54. The number of nitrogens with zero attached hydrogens (tertiary/aromatic N) is 1. The van der Waals surface area contributed by atoms with Crippen LogP contribution in [0.5, 0.6) is 0 Å². The van der Waals surface area contributed by atoms with E-state index in [1.54, 1.807) is 36.1 Å². The number of carbonyl (C=O) groups is 3. The van der Waals surface area contributed by atoms with Gasteiger partial charge in [-0.2, -0.15) is 0 Å². The van der Waals surface area contributed by atoms with Gasteiger partial charge in [-0.15, -0.1) is 0 Å². The second-order valence-corrected chi connectivity index (χ2v) is 6.44. The van der Waals surface area contributed by atoms with Crippen LogP contribution in [-0.4, -0.2) is 30.4 Å². The first-order valence-corrected chi connectivity index (χ1v) is 8.97. The fourth-order valence-corrected chi connectivity index (χ4v) is 3.34. The van der Waals surface area contributed by atoms with Gasteiger partial charge >= 0.3 is 5.97 Å². The van der Waals surface area contributed by atoms with Crippen LogP contribution < -0.4 is 10.2 Å². The van der Waals surface area contributed by atoms with Crippen LogP contribution in [0, 0.1) is 0 Å². The fourth-order valence-electron chi connectivity index (χ4n) is 3.34. The molecule has 1 N–H and O–H groups in total. The van der Waals surface area contributed by atoms with Gasteiger partial charge in [-0.1, -0.05) is 30.3 Å². The Hall–Kier alpha value is -3.15. The quantitative estimate of drug-likeness (QED) is 0.651. The van der Waals surface area contributed by atoms with Crippen LogP contribution >= 0.6 is 0 Å². The Morgan fingerprint density at radius 3 is 2.59 bits per heavy atom. The normalized spacial score (nSPS) is 15.2. The third-order valence-electron chi connectivity index (χ3n) is 4.48. The van der Waals surface area contributed by atoms with E-state index in [0.29, 0.717) is 5.69 Å². The molecule has 0 spiro atoms. The Bertz CT molecular complexity index is 878. The van der Waals surface area contributed by atoms with E-state index in [4.69, 9.17) is 4.74 Å². The number of nitrogens with one attached hydrogen (secondary N) is 1. The summed E-state index contributed by atoms with van der Waals surface area (Å²) in [7, 11) is 0. The average molecular weight is 366 g/mol. The zero-order chi connectivity index (χ0) is 19.4. The van der Waals surface area contributed by atoms with E-state index in [1.165, 1.54) is 0 Å².